The fourth-order valence-corrected chi connectivity index (χ4v) is 2.45. The monoisotopic (exact) mass is 276 g/mol. The average molecular weight is 276 g/mol. The normalized spacial score (nSPS) is 12.0. The number of aromatic nitrogens is 2. The lowest BCUT2D eigenvalue weighted by Gasteiger charge is -2.18. The summed E-state index contributed by atoms with van der Waals surface area (Å²) in [4.78, 5) is 12.9. The third kappa shape index (κ3) is 2.63. The molecule has 3 heteroatoms. The molecule has 21 heavy (non-hydrogen) atoms. The Labute approximate surface area is 123 Å². The van der Waals surface area contributed by atoms with Crippen LogP contribution >= 0.6 is 0 Å². The predicted octanol–water partition coefficient (Wildman–Crippen LogP) is 3.66. The lowest BCUT2D eigenvalue weighted by molar-refractivity contribution is 0.0938. The van der Waals surface area contributed by atoms with Crippen LogP contribution in [0, 0.1) is 6.92 Å². The zero-order valence-corrected chi connectivity index (χ0v) is 11.8. The Morgan fingerprint density at radius 3 is 2.14 bits per heavy atom. The second-order valence-corrected chi connectivity index (χ2v) is 4.96. The van der Waals surface area contributed by atoms with Gasteiger partial charge in [0.05, 0.1) is 0 Å². The van der Waals surface area contributed by atoms with E-state index < -0.39 is 6.04 Å². The second kappa shape index (κ2) is 5.75. The van der Waals surface area contributed by atoms with Crippen molar-refractivity contribution >= 4 is 5.78 Å². The standard InChI is InChI=1S/C18H16N2O/c1-14-12-13-19-20(14)17(15-8-4-2-5-9-15)18(21)16-10-6-3-7-11-16/h2-13,17H,1H3/t17-/m0/s1. The van der Waals surface area contributed by atoms with Crippen LogP contribution in [0.15, 0.2) is 72.9 Å². The van der Waals surface area contributed by atoms with E-state index in [-0.39, 0.29) is 5.78 Å². The molecule has 0 aliphatic rings. The van der Waals surface area contributed by atoms with Crippen molar-refractivity contribution in [2.45, 2.75) is 13.0 Å². The molecular formula is C18H16N2O. The molecule has 0 amide bonds. The van der Waals surface area contributed by atoms with Crippen molar-refractivity contribution in [3.8, 4) is 0 Å². The fourth-order valence-electron chi connectivity index (χ4n) is 2.45. The number of carbonyl (C=O) groups excluding carboxylic acids is 1. The molecule has 1 aromatic heterocycles. The van der Waals surface area contributed by atoms with Gasteiger partial charge in [0.2, 0.25) is 0 Å². The van der Waals surface area contributed by atoms with E-state index in [2.05, 4.69) is 5.10 Å². The summed E-state index contributed by atoms with van der Waals surface area (Å²) in [5.41, 5.74) is 2.60. The number of hydrogen-bond donors (Lipinski definition) is 0. The largest absolute Gasteiger partial charge is 0.291 e. The molecule has 1 heterocycles. The summed E-state index contributed by atoms with van der Waals surface area (Å²) in [7, 11) is 0. The van der Waals surface area contributed by atoms with Crippen LogP contribution in [0.2, 0.25) is 0 Å². The van der Waals surface area contributed by atoms with Gasteiger partial charge >= 0.3 is 0 Å². The Hall–Kier alpha value is -2.68. The minimum atomic E-state index is -0.427. The molecule has 0 aliphatic carbocycles. The fraction of sp³-hybridized carbons (Fsp3) is 0.111. The third-order valence-electron chi connectivity index (χ3n) is 3.53. The van der Waals surface area contributed by atoms with Crippen LogP contribution < -0.4 is 0 Å². The Morgan fingerprint density at radius 2 is 1.57 bits per heavy atom. The number of ketones is 1. The second-order valence-electron chi connectivity index (χ2n) is 4.96. The van der Waals surface area contributed by atoms with E-state index in [0.717, 1.165) is 11.3 Å². The maximum atomic E-state index is 12.9. The van der Waals surface area contributed by atoms with Gasteiger partial charge < -0.3 is 0 Å². The molecule has 0 spiro atoms. The van der Waals surface area contributed by atoms with Gasteiger partial charge in [-0.2, -0.15) is 5.10 Å². The summed E-state index contributed by atoms with van der Waals surface area (Å²) >= 11 is 0. The van der Waals surface area contributed by atoms with E-state index in [4.69, 9.17) is 0 Å². The van der Waals surface area contributed by atoms with Crippen molar-refractivity contribution in [2.24, 2.45) is 0 Å². The molecule has 3 aromatic rings. The van der Waals surface area contributed by atoms with Gasteiger partial charge in [0.1, 0.15) is 6.04 Å². The van der Waals surface area contributed by atoms with E-state index in [1.165, 1.54) is 0 Å². The number of carbonyl (C=O) groups is 1. The smallest absolute Gasteiger partial charge is 0.191 e. The van der Waals surface area contributed by atoms with E-state index in [9.17, 15) is 4.79 Å². The lowest BCUT2D eigenvalue weighted by Crippen LogP contribution is -2.23. The van der Waals surface area contributed by atoms with Crippen molar-refractivity contribution in [1.29, 1.82) is 0 Å². The van der Waals surface area contributed by atoms with Gasteiger partial charge in [-0.1, -0.05) is 60.7 Å². The first kappa shape index (κ1) is 13.3. The average Bonchev–Trinajstić information content (AvgIpc) is 2.95. The molecule has 3 nitrogen and oxygen atoms in total. The molecule has 0 fully saturated rings. The van der Waals surface area contributed by atoms with Crippen LogP contribution in [-0.4, -0.2) is 15.6 Å². The Balaban J connectivity index is 2.10. The van der Waals surface area contributed by atoms with Crippen LogP contribution in [0.4, 0.5) is 0 Å². The highest BCUT2D eigenvalue weighted by atomic mass is 16.1. The third-order valence-corrected chi connectivity index (χ3v) is 3.53. The molecule has 2 aromatic carbocycles. The number of nitrogens with zero attached hydrogens (tertiary/aromatic N) is 2. The summed E-state index contributed by atoms with van der Waals surface area (Å²) in [5.74, 6) is 0.0496. The molecule has 104 valence electrons. The van der Waals surface area contributed by atoms with Crippen molar-refractivity contribution in [1.82, 2.24) is 9.78 Å². The Bertz CT molecular complexity index is 732. The SMILES string of the molecule is Cc1ccnn1[C@H](C(=O)c1ccccc1)c1ccccc1. The summed E-state index contributed by atoms with van der Waals surface area (Å²) in [5, 5.41) is 4.33. The van der Waals surface area contributed by atoms with Crippen LogP contribution in [0.1, 0.15) is 27.7 Å². The molecule has 0 radical (unpaired) electrons. The number of benzene rings is 2. The molecule has 1 atom stereocenters. The first-order valence-electron chi connectivity index (χ1n) is 6.91. The van der Waals surface area contributed by atoms with Crippen LogP contribution in [0.25, 0.3) is 0 Å². The molecule has 0 unspecified atom stereocenters. The van der Waals surface area contributed by atoms with E-state index in [1.54, 1.807) is 10.9 Å². The van der Waals surface area contributed by atoms with Gasteiger partial charge in [0, 0.05) is 17.5 Å². The van der Waals surface area contributed by atoms with Crippen LogP contribution in [0.3, 0.4) is 0 Å². The maximum Gasteiger partial charge on any atom is 0.191 e. The summed E-state index contributed by atoms with van der Waals surface area (Å²) in [6.45, 7) is 1.96. The summed E-state index contributed by atoms with van der Waals surface area (Å²) in [6, 6.07) is 20.6. The van der Waals surface area contributed by atoms with Gasteiger partial charge in [0.15, 0.2) is 5.78 Å². The molecular weight excluding hydrogens is 260 g/mol. The highest BCUT2D eigenvalue weighted by Gasteiger charge is 2.25. The first-order valence-corrected chi connectivity index (χ1v) is 6.91. The number of rotatable bonds is 4. The zero-order valence-electron chi connectivity index (χ0n) is 11.8. The van der Waals surface area contributed by atoms with Crippen LogP contribution in [-0.2, 0) is 0 Å². The van der Waals surface area contributed by atoms with Gasteiger partial charge in [-0.25, -0.2) is 0 Å². The number of aryl methyl sites for hydroxylation is 1. The molecule has 0 saturated carbocycles. The van der Waals surface area contributed by atoms with Crippen molar-refractivity contribution in [3.63, 3.8) is 0 Å². The van der Waals surface area contributed by atoms with Crippen molar-refractivity contribution in [3.05, 3.63) is 89.7 Å². The van der Waals surface area contributed by atoms with Gasteiger partial charge in [0.25, 0.3) is 0 Å². The summed E-state index contributed by atoms with van der Waals surface area (Å²) < 4.78 is 1.78. The minimum Gasteiger partial charge on any atom is -0.291 e. The predicted molar refractivity (Wildman–Crippen MR) is 82.3 cm³/mol. The maximum absolute atomic E-state index is 12.9. The van der Waals surface area contributed by atoms with Gasteiger partial charge in [-0.05, 0) is 18.6 Å². The van der Waals surface area contributed by atoms with Crippen molar-refractivity contribution in [2.75, 3.05) is 0 Å². The van der Waals surface area contributed by atoms with E-state index in [1.807, 2.05) is 73.7 Å². The minimum absolute atomic E-state index is 0.0496. The molecule has 0 bridgehead atoms. The van der Waals surface area contributed by atoms with Gasteiger partial charge in [-0.15, -0.1) is 0 Å². The molecule has 3 rings (SSSR count). The highest BCUT2D eigenvalue weighted by Crippen LogP contribution is 2.23. The Morgan fingerprint density at radius 1 is 0.952 bits per heavy atom. The lowest BCUT2D eigenvalue weighted by atomic mass is 9.97. The zero-order chi connectivity index (χ0) is 14.7. The number of hydrogen-bond acceptors (Lipinski definition) is 2. The molecule has 0 aliphatic heterocycles. The van der Waals surface area contributed by atoms with Crippen LogP contribution in [0.5, 0.6) is 0 Å². The van der Waals surface area contributed by atoms with Crippen molar-refractivity contribution < 1.29 is 4.79 Å². The quantitative estimate of drug-likeness (QED) is 0.681. The number of Topliss-reactive ketones (excluding diaryl/α,β-unsaturated/α-hetero) is 1. The highest BCUT2D eigenvalue weighted by molar-refractivity contribution is 6.00. The molecule has 0 saturated heterocycles. The Kier molecular flexibility index (Phi) is 3.65. The summed E-state index contributed by atoms with van der Waals surface area (Å²) in [6.07, 6.45) is 1.73. The first-order chi connectivity index (χ1) is 10.3. The van der Waals surface area contributed by atoms with E-state index >= 15 is 0 Å². The topological polar surface area (TPSA) is 34.9 Å². The van der Waals surface area contributed by atoms with Gasteiger partial charge in [-0.3, -0.25) is 9.48 Å². The molecule has 0 N–H and O–H groups in total. The van der Waals surface area contributed by atoms with E-state index in [0.29, 0.717) is 5.56 Å².